The van der Waals surface area contributed by atoms with Crippen molar-refractivity contribution in [2.45, 2.75) is 32.2 Å². The molecule has 2 rings (SSSR count). The third kappa shape index (κ3) is 3.23. The van der Waals surface area contributed by atoms with Crippen LogP contribution in [0.4, 0.5) is 11.4 Å². The molecular formula is C14H20N2O3. The molecule has 0 unspecified atom stereocenters. The zero-order valence-corrected chi connectivity index (χ0v) is 11.2. The largest absolute Gasteiger partial charge is 0.394 e. The van der Waals surface area contributed by atoms with E-state index >= 15 is 0 Å². The molecule has 1 fully saturated rings. The molecule has 0 heterocycles. The molecule has 1 saturated carbocycles. The van der Waals surface area contributed by atoms with Crippen LogP contribution in [0.15, 0.2) is 24.3 Å². The first-order valence-corrected chi connectivity index (χ1v) is 6.73. The number of nitro benzene ring substituents is 1. The third-order valence-corrected chi connectivity index (χ3v) is 3.87. The van der Waals surface area contributed by atoms with E-state index in [1.807, 2.05) is 6.92 Å². The Kier molecular flexibility index (Phi) is 4.37. The molecular weight excluding hydrogens is 244 g/mol. The second-order valence-electron chi connectivity index (χ2n) is 5.25. The molecule has 0 aromatic heterocycles. The van der Waals surface area contributed by atoms with Crippen LogP contribution in [0.1, 0.15) is 26.2 Å². The van der Waals surface area contributed by atoms with E-state index in [2.05, 4.69) is 4.90 Å². The van der Waals surface area contributed by atoms with Crippen LogP contribution in [0.5, 0.6) is 0 Å². The second kappa shape index (κ2) is 6.02. The minimum atomic E-state index is -0.393. The van der Waals surface area contributed by atoms with Gasteiger partial charge in [-0.15, -0.1) is 0 Å². The highest BCUT2D eigenvalue weighted by Crippen LogP contribution is 2.30. The Morgan fingerprint density at radius 1 is 1.42 bits per heavy atom. The van der Waals surface area contributed by atoms with Gasteiger partial charge in [-0.1, -0.05) is 6.42 Å². The molecule has 104 valence electrons. The normalized spacial score (nSPS) is 16.7. The quantitative estimate of drug-likeness (QED) is 0.633. The number of hydrogen-bond donors (Lipinski definition) is 1. The summed E-state index contributed by atoms with van der Waals surface area (Å²) in [6, 6.07) is 6.61. The number of benzene rings is 1. The van der Waals surface area contributed by atoms with Crippen LogP contribution in [0.3, 0.4) is 0 Å². The van der Waals surface area contributed by atoms with Gasteiger partial charge in [0.25, 0.3) is 5.69 Å². The number of hydrogen-bond acceptors (Lipinski definition) is 4. The predicted molar refractivity (Wildman–Crippen MR) is 74.3 cm³/mol. The molecule has 1 N–H and O–H groups in total. The van der Waals surface area contributed by atoms with E-state index < -0.39 is 4.92 Å². The van der Waals surface area contributed by atoms with Crippen molar-refractivity contribution in [2.75, 3.05) is 18.1 Å². The standard InChI is InChI=1S/C14H20N2O3/c1-11(10-17)15(9-12-3-2-4-12)13-5-7-14(8-6-13)16(18)19/h5-8,11-12,17H,2-4,9-10H2,1H3/t11-/m0/s1. The Bertz CT molecular complexity index is 429. The molecule has 1 atom stereocenters. The maximum atomic E-state index is 10.7. The fraction of sp³-hybridized carbons (Fsp3) is 0.571. The fourth-order valence-electron chi connectivity index (χ4n) is 2.36. The minimum Gasteiger partial charge on any atom is -0.394 e. The maximum Gasteiger partial charge on any atom is 0.269 e. The van der Waals surface area contributed by atoms with Gasteiger partial charge in [0.1, 0.15) is 0 Å². The number of anilines is 1. The van der Waals surface area contributed by atoms with Crippen molar-refractivity contribution in [1.82, 2.24) is 0 Å². The van der Waals surface area contributed by atoms with Gasteiger partial charge in [0.05, 0.1) is 11.5 Å². The molecule has 0 saturated heterocycles. The molecule has 0 aliphatic heterocycles. The first-order valence-electron chi connectivity index (χ1n) is 6.73. The highest BCUT2D eigenvalue weighted by Gasteiger charge is 2.23. The van der Waals surface area contributed by atoms with Gasteiger partial charge in [0, 0.05) is 30.4 Å². The maximum absolute atomic E-state index is 10.7. The molecule has 1 aromatic carbocycles. The average Bonchev–Trinajstić information content (AvgIpc) is 2.37. The van der Waals surface area contributed by atoms with E-state index in [0.29, 0.717) is 5.92 Å². The number of nitrogens with zero attached hydrogens (tertiary/aromatic N) is 2. The minimum absolute atomic E-state index is 0.0297. The first-order chi connectivity index (χ1) is 9.11. The van der Waals surface area contributed by atoms with Gasteiger partial charge >= 0.3 is 0 Å². The summed E-state index contributed by atoms with van der Waals surface area (Å²) in [5, 5.41) is 20.0. The first kappa shape index (κ1) is 13.8. The SMILES string of the molecule is C[C@@H](CO)N(CC1CCC1)c1ccc([N+](=O)[O-])cc1. The number of aliphatic hydroxyl groups excluding tert-OH is 1. The molecule has 5 heteroatoms. The van der Waals surface area contributed by atoms with Crippen molar-refractivity contribution in [3.8, 4) is 0 Å². The molecule has 1 aliphatic carbocycles. The summed E-state index contributed by atoms with van der Waals surface area (Å²) in [6.07, 6.45) is 3.76. The Morgan fingerprint density at radius 2 is 2.05 bits per heavy atom. The van der Waals surface area contributed by atoms with Crippen LogP contribution in [-0.4, -0.2) is 29.2 Å². The van der Waals surface area contributed by atoms with E-state index in [9.17, 15) is 15.2 Å². The van der Waals surface area contributed by atoms with Gasteiger partial charge in [-0.05, 0) is 37.8 Å². The number of non-ortho nitro benzene ring substituents is 1. The summed E-state index contributed by atoms with van der Waals surface area (Å²) < 4.78 is 0. The highest BCUT2D eigenvalue weighted by molar-refractivity contribution is 5.51. The van der Waals surface area contributed by atoms with Gasteiger partial charge in [0.15, 0.2) is 0 Å². The van der Waals surface area contributed by atoms with Crippen LogP contribution in [0.25, 0.3) is 0 Å². The molecule has 5 nitrogen and oxygen atoms in total. The van der Waals surface area contributed by atoms with Crippen LogP contribution < -0.4 is 4.90 Å². The lowest BCUT2D eigenvalue weighted by molar-refractivity contribution is -0.384. The van der Waals surface area contributed by atoms with Crippen LogP contribution >= 0.6 is 0 Å². The number of rotatable bonds is 6. The van der Waals surface area contributed by atoms with Crippen LogP contribution in [0.2, 0.25) is 0 Å². The van der Waals surface area contributed by atoms with E-state index in [1.54, 1.807) is 12.1 Å². The van der Waals surface area contributed by atoms with E-state index in [0.717, 1.165) is 12.2 Å². The van der Waals surface area contributed by atoms with Gasteiger partial charge in [-0.2, -0.15) is 0 Å². The molecule has 0 spiro atoms. The summed E-state index contributed by atoms with van der Waals surface area (Å²) in [4.78, 5) is 12.4. The number of aliphatic hydroxyl groups is 1. The molecule has 19 heavy (non-hydrogen) atoms. The van der Waals surface area contributed by atoms with Crippen LogP contribution in [-0.2, 0) is 0 Å². The topological polar surface area (TPSA) is 66.6 Å². The number of nitro groups is 1. The van der Waals surface area contributed by atoms with Gasteiger partial charge in [-0.25, -0.2) is 0 Å². The lowest BCUT2D eigenvalue weighted by Gasteiger charge is -2.37. The lowest BCUT2D eigenvalue weighted by atomic mass is 9.84. The van der Waals surface area contributed by atoms with Crippen molar-refractivity contribution in [3.63, 3.8) is 0 Å². The zero-order valence-electron chi connectivity index (χ0n) is 11.2. The monoisotopic (exact) mass is 264 g/mol. The van der Waals surface area contributed by atoms with Gasteiger partial charge in [-0.3, -0.25) is 10.1 Å². The van der Waals surface area contributed by atoms with Gasteiger partial charge < -0.3 is 10.0 Å². The molecule has 0 radical (unpaired) electrons. The predicted octanol–water partition coefficient (Wildman–Crippen LogP) is 2.58. The van der Waals surface area contributed by atoms with E-state index in [4.69, 9.17) is 0 Å². The van der Waals surface area contributed by atoms with Crippen molar-refractivity contribution < 1.29 is 10.0 Å². The molecule has 1 aromatic rings. The lowest BCUT2D eigenvalue weighted by Crippen LogP contribution is -2.40. The van der Waals surface area contributed by atoms with Crippen molar-refractivity contribution in [2.24, 2.45) is 5.92 Å². The van der Waals surface area contributed by atoms with Crippen LogP contribution in [0, 0.1) is 16.0 Å². The van der Waals surface area contributed by atoms with Gasteiger partial charge in [0.2, 0.25) is 0 Å². The molecule has 0 amide bonds. The average molecular weight is 264 g/mol. The molecule has 1 aliphatic rings. The van der Waals surface area contributed by atoms with E-state index in [-0.39, 0.29) is 18.3 Å². The Morgan fingerprint density at radius 3 is 2.47 bits per heavy atom. The zero-order chi connectivity index (χ0) is 13.8. The Hall–Kier alpha value is -1.62. The summed E-state index contributed by atoms with van der Waals surface area (Å²) in [7, 11) is 0. The summed E-state index contributed by atoms with van der Waals surface area (Å²) >= 11 is 0. The Balaban J connectivity index is 2.13. The summed E-state index contributed by atoms with van der Waals surface area (Å²) in [6.45, 7) is 2.98. The summed E-state index contributed by atoms with van der Waals surface area (Å²) in [5.41, 5.74) is 1.04. The van der Waals surface area contributed by atoms with Crippen molar-refractivity contribution in [3.05, 3.63) is 34.4 Å². The Labute approximate surface area is 113 Å². The highest BCUT2D eigenvalue weighted by atomic mass is 16.6. The smallest absolute Gasteiger partial charge is 0.269 e. The van der Waals surface area contributed by atoms with Crippen molar-refractivity contribution in [1.29, 1.82) is 0 Å². The summed E-state index contributed by atoms with van der Waals surface area (Å²) in [5.74, 6) is 0.684. The van der Waals surface area contributed by atoms with E-state index in [1.165, 1.54) is 31.4 Å². The second-order valence-corrected chi connectivity index (χ2v) is 5.25. The van der Waals surface area contributed by atoms with Crippen molar-refractivity contribution >= 4 is 11.4 Å². The molecule has 0 bridgehead atoms. The third-order valence-electron chi connectivity index (χ3n) is 3.87. The fourth-order valence-corrected chi connectivity index (χ4v) is 2.36.